The molecule has 0 spiro atoms. The molecule has 0 saturated carbocycles. The molecule has 4 heterocycles. The van der Waals surface area contributed by atoms with Gasteiger partial charge in [0, 0.05) is 55.0 Å². The first-order chi connectivity index (χ1) is 12.9. The second-order valence-corrected chi connectivity index (χ2v) is 6.37. The highest BCUT2D eigenvalue weighted by Crippen LogP contribution is 2.25. The maximum absolute atomic E-state index is 4.76. The highest BCUT2D eigenvalue weighted by atomic mass is 15.1. The first-order valence-electron chi connectivity index (χ1n) is 9.05. The van der Waals surface area contributed by atoms with Gasteiger partial charge in [-0.2, -0.15) is 0 Å². The number of fused-ring (bicyclic) bond motifs is 1. The van der Waals surface area contributed by atoms with E-state index in [2.05, 4.69) is 26.7 Å². The van der Waals surface area contributed by atoms with E-state index in [1.807, 2.05) is 30.5 Å². The van der Waals surface area contributed by atoms with E-state index in [9.17, 15) is 0 Å². The summed E-state index contributed by atoms with van der Waals surface area (Å²) in [5, 5.41) is 6.87. The summed E-state index contributed by atoms with van der Waals surface area (Å²) in [5.41, 5.74) is 4.36. The van der Waals surface area contributed by atoms with Gasteiger partial charge in [-0.25, -0.2) is 9.97 Å². The average molecular weight is 346 g/mol. The van der Waals surface area contributed by atoms with Crippen LogP contribution in [-0.4, -0.2) is 26.5 Å². The van der Waals surface area contributed by atoms with Gasteiger partial charge in [-0.05, 0) is 43.5 Å². The van der Waals surface area contributed by atoms with Gasteiger partial charge < -0.3 is 10.6 Å². The first-order valence-corrected chi connectivity index (χ1v) is 9.05. The summed E-state index contributed by atoms with van der Waals surface area (Å²) in [4.78, 5) is 18.0. The van der Waals surface area contributed by atoms with Crippen molar-refractivity contribution in [1.29, 1.82) is 0 Å². The Balaban J connectivity index is 1.40. The number of aromatic nitrogens is 4. The average Bonchev–Trinajstić information content (AvgIpc) is 3.18. The zero-order valence-electron chi connectivity index (χ0n) is 14.7. The smallest absolute Gasteiger partial charge is 0.163 e. The molecule has 6 heteroatoms. The monoisotopic (exact) mass is 346 g/mol. The highest BCUT2D eigenvalue weighted by molar-refractivity contribution is 5.59. The Bertz CT molecular complexity index is 851. The number of nitrogens with zero attached hydrogens (tertiary/aromatic N) is 4. The molecular formula is C20H22N6. The number of rotatable bonds is 7. The lowest BCUT2D eigenvalue weighted by Gasteiger charge is -2.12. The van der Waals surface area contributed by atoms with Crippen LogP contribution in [0.1, 0.15) is 29.8 Å². The molecule has 0 bridgehead atoms. The lowest BCUT2D eigenvalue weighted by Crippen LogP contribution is -2.09. The molecule has 0 amide bonds. The zero-order valence-corrected chi connectivity index (χ0v) is 14.7. The number of hydrogen-bond acceptors (Lipinski definition) is 6. The van der Waals surface area contributed by atoms with Crippen molar-refractivity contribution >= 4 is 5.82 Å². The molecule has 3 aromatic rings. The Labute approximate surface area is 153 Å². The Morgan fingerprint density at radius 1 is 1.00 bits per heavy atom. The molecule has 26 heavy (non-hydrogen) atoms. The molecule has 2 N–H and O–H groups in total. The molecule has 1 aliphatic rings. The Kier molecular flexibility index (Phi) is 5.12. The van der Waals surface area contributed by atoms with Crippen molar-refractivity contribution in [3.8, 4) is 11.4 Å². The number of pyridine rings is 2. The van der Waals surface area contributed by atoms with Crippen LogP contribution < -0.4 is 10.6 Å². The number of unbranched alkanes of at least 4 members (excludes halogenated alkanes) is 1. The van der Waals surface area contributed by atoms with Gasteiger partial charge in [0.2, 0.25) is 0 Å². The van der Waals surface area contributed by atoms with E-state index in [0.29, 0.717) is 0 Å². The minimum Gasteiger partial charge on any atom is -0.370 e. The minimum absolute atomic E-state index is 0.733. The second-order valence-electron chi connectivity index (χ2n) is 6.37. The van der Waals surface area contributed by atoms with Gasteiger partial charge in [-0.3, -0.25) is 9.97 Å². The molecule has 0 fully saturated rings. The summed E-state index contributed by atoms with van der Waals surface area (Å²) in [6.07, 6.45) is 8.60. The summed E-state index contributed by atoms with van der Waals surface area (Å²) in [7, 11) is 0. The summed E-state index contributed by atoms with van der Waals surface area (Å²) in [6, 6.07) is 9.98. The van der Waals surface area contributed by atoms with Gasteiger partial charge >= 0.3 is 0 Å². The maximum atomic E-state index is 4.76. The molecular weight excluding hydrogens is 324 g/mol. The van der Waals surface area contributed by atoms with Crippen molar-refractivity contribution in [2.24, 2.45) is 0 Å². The molecule has 1 aliphatic heterocycles. The SMILES string of the molecule is c1ccc(CCCCNc2nc(-c3cccnc3)nc3c2CNC3)nc1. The van der Waals surface area contributed by atoms with Gasteiger partial charge in [0.25, 0.3) is 0 Å². The van der Waals surface area contributed by atoms with E-state index in [0.717, 1.165) is 67.5 Å². The van der Waals surface area contributed by atoms with Gasteiger partial charge in [-0.15, -0.1) is 0 Å². The van der Waals surface area contributed by atoms with Crippen LogP contribution in [0.5, 0.6) is 0 Å². The van der Waals surface area contributed by atoms with Crippen LogP contribution in [0, 0.1) is 0 Å². The van der Waals surface area contributed by atoms with Crippen molar-refractivity contribution < 1.29 is 0 Å². The number of nitrogens with one attached hydrogen (secondary N) is 2. The van der Waals surface area contributed by atoms with E-state index < -0.39 is 0 Å². The summed E-state index contributed by atoms with van der Waals surface area (Å²) < 4.78 is 0. The molecule has 6 nitrogen and oxygen atoms in total. The predicted molar refractivity (Wildman–Crippen MR) is 101 cm³/mol. The molecule has 0 aliphatic carbocycles. The van der Waals surface area contributed by atoms with E-state index >= 15 is 0 Å². The number of hydrogen-bond donors (Lipinski definition) is 2. The summed E-state index contributed by atoms with van der Waals surface area (Å²) in [6.45, 7) is 2.50. The molecule has 132 valence electrons. The Morgan fingerprint density at radius 2 is 2.00 bits per heavy atom. The van der Waals surface area contributed by atoms with Crippen molar-refractivity contribution in [3.63, 3.8) is 0 Å². The zero-order chi connectivity index (χ0) is 17.6. The van der Waals surface area contributed by atoms with Crippen molar-refractivity contribution in [2.45, 2.75) is 32.4 Å². The molecule has 3 aromatic heterocycles. The van der Waals surface area contributed by atoms with Gasteiger partial charge in [0.05, 0.1) is 5.69 Å². The van der Waals surface area contributed by atoms with Crippen molar-refractivity contribution in [3.05, 3.63) is 65.9 Å². The third-order valence-electron chi connectivity index (χ3n) is 4.49. The standard InChI is InChI=1S/C20H22N6/c1-3-10-23-16(7-1)8-2-4-11-24-20-17-13-22-14-18(17)25-19(26-20)15-6-5-9-21-12-15/h1,3,5-7,9-10,12,22H,2,4,8,11,13-14H2,(H,24,25,26). The summed E-state index contributed by atoms with van der Waals surface area (Å²) in [5.74, 6) is 1.67. The van der Waals surface area contributed by atoms with Crippen LogP contribution in [0.3, 0.4) is 0 Å². The highest BCUT2D eigenvalue weighted by Gasteiger charge is 2.19. The molecule has 0 aromatic carbocycles. The van der Waals surface area contributed by atoms with Gasteiger partial charge in [0.15, 0.2) is 5.82 Å². The quantitative estimate of drug-likeness (QED) is 0.641. The summed E-state index contributed by atoms with van der Waals surface area (Å²) >= 11 is 0. The van der Waals surface area contributed by atoms with E-state index in [1.54, 1.807) is 12.4 Å². The van der Waals surface area contributed by atoms with Crippen LogP contribution >= 0.6 is 0 Å². The lowest BCUT2D eigenvalue weighted by molar-refractivity contribution is 0.744. The topological polar surface area (TPSA) is 75.6 Å². The number of aryl methyl sites for hydroxylation is 1. The third-order valence-corrected chi connectivity index (χ3v) is 4.49. The lowest BCUT2D eigenvalue weighted by atomic mass is 10.1. The molecule has 0 radical (unpaired) electrons. The van der Waals surface area contributed by atoms with Crippen LogP contribution in [0.2, 0.25) is 0 Å². The molecule has 0 saturated heterocycles. The van der Waals surface area contributed by atoms with Crippen LogP contribution in [0.15, 0.2) is 48.9 Å². The second kappa shape index (κ2) is 8.01. The van der Waals surface area contributed by atoms with E-state index in [-0.39, 0.29) is 0 Å². The maximum Gasteiger partial charge on any atom is 0.163 e. The number of anilines is 1. The van der Waals surface area contributed by atoms with Crippen LogP contribution in [0.4, 0.5) is 5.82 Å². The van der Waals surface area contributed by atoms with Crippen LogP contribution in [-0.2, 0) is 19.5 Å². The first kappa shape index (κ1) is 16.6. The Hall–Kier alpha value is -2.86. The molecule has 0 unspecified atom stereocenters. The normalized spacial score (nSPS) is 12.8. The Morgan fingerprint density at radius 3 is 2.85 bits per heavy atom. The molecule has 0 atom stereocenters. The predicted octanol–water partition coefficient (Wildman–Crippen LogP) is 2.97. The van der Waals surface area contributed by atoms with E-state index in [1.165, 1.54) is 5.56 Å². The van der Waals surface area contributed by atoms with Crippen molar-refractivity contribution in [2.75, 3.05) is 11.9 Å². The molecule has 4 rings (SSSR count). The van der Waals surface area contributed by atoms with Gasteiger partial charge in [0.1, 0.15) is 5.82 Å². The largest absolute Gasteiger partial charge is 0.370 e. The minimum atomic E-state index is 0.733. The fourth-order valence-corrected chi connectivity index (χ4v) is 3.12. The van der Waals surface area contributed by atoms with E-state index in [4.69, 9.17) is 9.97 Å². The fourth-order valence-electron chi connectivity index (χ4n) is 3.12. The van der Waals surface area contributed by atoms with Crippen LogP contribution in [0.25, 0.3) is 11.4 Å². The van der Waals surface area contributed by atoms with Gasteiger partial charge in [-0.1, -0.05) is 6.07 Å². The third kappa shape index (κ3) is 3.86. The fraction of sp³-hybridized carbons (Fsp3) is 0.300. The van der Waals surface area contributed by atoms with Crippen molar-refractivity contribution in [1.82, 2.24) is 25.3 Å².